The highest BCUT2D eigenvalue weighted by Crippen LogP contribution is 2.25. The van der Waals surface area contributed by atoms with Gasteiger partial charge in [-0.05, 0) is 25.2 Å². The van der Waals surface area contributed by atoms with Crippen molar-refractivity contribution >= 4 is 0 Å². The lowest BCUT2D eigenvalue weighted by Crippen LogP contribution is -2.31. The van der Waals surface area contributed by atoms with Crippen molar-refractivity contribution in [3.05, 3.63) is 0 Å². The van der Waals surface area contributed by atoms with Crippen molar-refractivity contribution in [3.8, 4) is 0 Å². The fourth-order valence-corrected chi connectivity index (χ4v) is 2.04. The van der Waals surface area contributed by atoms with Crippen LogP contribution in [0.15, 0.2) is 0 Å². The summed E-state index contributed by atoms with van der Waals surface area (Å²) in [6.07, 6.45) is 6.01. The SMILES string of the molecule is CC1CCCC(OCC(N)CCO)C1. The number of ether oxygens (including phenoxy) is 1. The molecule has 14 heavy (non-hydrogen) atoms. The van der Waals surface area contributed by atoms with Crippen molar-refractivity contribution < 1.29 is 9.84 Å². The van der Waals surface area contributed by atoms with Crippen LogP contribution in [-0.2, 0) is 4.74 Å². The molecule has 1 fully saturated rings. The van der Waals surface area contributed by atoms with Crippen LogP contribution in [-0.4, -0.2) is 30.5 Å². The molecule has 0 aromatic carbocycles. The molecule has 3 N–H and O–H groups in total. The molecule has 0 heterocycles. The van der Waals surface area contributed by atoms with Crippen LogP contribution in [0.3, 0.4) is 0 Å². The minimum Gasteiger partial charge on any atom is -0.396 e. The summed E-state index contributed by atoms with van der Waals surface area (Å²) in [6.45, 7) is 3.03. The van der Waals surface area contributed by atoms with Crippen LogP contribution in [0.2, 0.25) is 0 Å². The van der Waals surface area contributed by atoms with E-state index in [1.165, 1.54) is 25.7 Å². The average molecular weight is 201 g/mol. The first kappa shape index (κ1) is 12.0. The average Bonchev–Trinajstić information content (AvgIpc) is 2.15. The van der Waals surface area contributed by atoms with Crippen molar-refractivity contribution in [2.75, 3.05) is 13.2 Å². The van der Waals surface area contributed by atoms with Gasteiger partial charge in [-0.2, -0.15) is 0 Å². The van der Waals surface area contributed by atoms with Crippen LogP contribution in [0.1, 0.15) is 39.0 Å². The summed E-state index contributed by atoms with van der Waals surface area (Å²) < 4.78 is 5.73. The standard InChI is InChI=1S/C11H23NO2/c1-9-3-2-4-11(7-9)14-8-10(12)5-6-13/h9-11,13H,2-8,12H2,1H3. The third-order valence-electron chi connectivity index (χ3n) is 2.93. The molecular formula is C11H23NO2. The van der Waals surface area contributed by atoms with E-state index in [-0.39, 0.29) is 12.6 Å². The van der Waals surface area contributed by atoms with Crippen LogP contribution >= 0.6 is 0 Å². The Kier molecular flexibility index (Phi) is 5.45. The van der Waals surface area contributed by atoms with Gasteiger partial charge in [0, 0.05) is 12.6 Å². The van der Waals surface area contributed by atoms with Crippen molar-refractivity contribution in [2.45, 2.75) is 51.2 Å². The van der Waals surface area contributed by atoms with Gasteiger partial charge in [-0.1, -0.05) is 19.8 Å². The van der Waals surface area contributed by atoms with Crippen LogP contribution in [0.5, 0.6) is 0 Å². The van der Waals surface area contributed by atoms with Crippen molar-refractivity contribution in [1.82, 2.24) is 0 Å². The molecule has 0 spiro atoms. The summed E-state index contributed by atoms with van der Waals surface area (Å²) in [4.78, 5) is 0. The largest absolute Gasteiger partial charge is 0.396 e. The quantitative estimate of drug-likeness (QED) is 0.704. The molecular weight excluding hydrogens is 178 g/mol. The second-order valence-corrected chi connectivity index (χ2v) is 4.50. The highest BCUT2D eigenvalue weighted by atomic mass is 16.5. The van der Waals surface area contributed by atoms with Gasteiger partial charge < -0.3 is 15.6 Å². The molecule has 0 aliphatic heterocycles. The number of hydrogen-bond acceptors (Lipinski definition) is 3. The monoisotopic (exact) mass is 201 g/mol. The van der Waals surface area contributed by atoms with E-state index >= 15 is 0 Å². The van der Waals surface area contributed by atoms with E-state index in [9.17, 15) is 0 Å². The van der Waals surface area contributed by atoms with Gasteiger partial charge in [-0.25, -0.2) is 0 Å². The minimum atomic E-state index is -0.00256. The van der Waals surface area contributed by atoms with Gasteiger partial charge in [0.2, 0.25) is 0 Å². The summed E-state index contributed by atoms with van der Waals surface area (Å²) in [6, 6.07) is -0.00256. The molecule has 0 aromatic heterocycles. The lowest BCUT2D eigenvalue weighted by Gasteiger charge is -2.27. The molecule has 3 nitrogen and oxygen atoms in total. The Bertz CT molecular complexity index is 152. The van der Waals surface area contributed by atoms with E-state index in [0.717, 1.165) is 5.92 Å². The van der Waals surface area contributed by atoms with Gasteiger partial charge in [-0.3, -0.25) is 0 Å². The molecule has 0 aromatic rings. The zero-order valence-electron chi connectivity index (χ0n) is 9.11. The number of nitrogens with two attached hydrogens (primary N) is 1. The number of hydrogen-bond donors (Lipinski definition) is 2. The smallest absolute Gasteiger partial charge is 0.0622 e. The Morgan fingerprint density at radius 1 is 1.50 bits per heavy atom. The lowest BCUT2D eigenvalue weighted by atomic mass is 9.89. The van der Waals surface area contributed by atoms with Crippen LogP contribution < -0.4 is 5.73 Å². The van der Waals surface area contributed by atoms with Crippen LogP contribution in [0, 0.1) is 5.92 Å². The Labute approximate surface area is 86.6 Å². The van der Waals surface area contributed by atoms with Crippen LogP contribution in [0.25, 0.3) is 0 Å². The van der Waals surface area contributed by atoms with Gasteiger partial charge in [0.1, 0.15) is 0 Å². The fourth-order valence-electron chi connectivity index (χ4n) is 2.04. The predicted molar refractivity (Wildman–Crippen MR) is 57.1 cm³/mol. The molecule has 1 saturated carbocycles. The molecule has 0 saturated heterocycles. The molecule has 0 radical (unpaired) electrons. The Morgan fingerprint density at radius 2 is 2.29 bits per heavy atom. The van der Waals surface area contributed by atoms with Gasteiger partial charge in [0.05, 0.1) is 12.7 Å². The van der Waals surface area contributed by atoms with E-state index in [0.29, 0.717) is 19.1 Å². The molecule has 0 amide bonds. The zero-order valence-corrected chi connectivity index (χ0v) is 9.11. The second kappa shape index (κ2) is 6.38. The van der Waals surface area contributed by atoms with Crippen molar-refractivity contribution in [2.24, 2.45) is 11.7 Å². The first-order chi connectivity index (χ1) is 6.72. The van der Waals surface area contributed by atoms with Crippen LogP contribution in [0.4, 0.5) is 0 Å². The van der Waals surface area contributed by atoms with E-state index in [1.54, 1.807) is 0 Å². The highest BCUT2D eigenvalue weighted by Gasteiger charge is 2.19. The summed E-state index contributed by atoms with van der Waals surface area (Å²) in [5.74, 6) is 0.794. The Balaban J connectivity index is 2.10. The first-order valence-electron chi connectivity index (χ1n) is 5.70. The summed E-state index contributed by atoms with van der Waals surface area (Å²) in [5.41, 5.74) is 5.75. The van der Waals surface area contributed by atoms with E-state index in [1.807, 2.05) is 0 Å². The van der Waals surface area contributed by atoms with Crippen molar-refractivity contribution in [1.29, 1.82) is 0 Å². The highest BCUT2D eigenvalue weighted by molar-refractivity contribution is 4.71. The minimum absolute atomic E-state index is 0.00256. The van der Waals surface area contributed by atoms with Gasteiger partial charge in [0.25, 0.3) is 0 Å². The summed E-state index contributed by atoms with van der Waals surface area (Å²) in [5, 5.41) is 8.68. The maximum Gasteiger partial charge on any atom is 0.0622 e. The number of aliphatic hydroxyl groups excluding tert-OH is 1. The van der Waals surface area contributed by atoms with Gasteiger partial charge in [0.15, 0.2) is 0 Å². The first-order valence-corrected chi connectivity index (χ1v) is 5.70. The molecule has 1 aliphatic rings. The molecule has 3 atom stereocenters. The van der Waals surface area contributed by atoms with E-state index in [2.05, 4.69) is 6.92 Å². The molecule has 1 rings (SSSR count). The number of rotatable bonds is 5. The topological polar surface area (TPSA) is 55.5 Å². The van der Waals surface area contributed by atoms with Gasteiger partial charge in [-0.15, -0.1) is 0 Å². The zero-order chi connectivity index (χ0) is 10.4. The lowest BCUT2D eigenvalue weighted by molar-refractivity contribution is 0.00627. The molecule has 1 aliphatic carbocycles. The van der Waals surface area contributed by atoms with E-state index < -0.39 is 0 Å². The molecule has 3 unspecified atom stereocenters. The van der Waals surface area contributed by atoms with E-state index in [4.69, 9.17) is 15.6 Å². The molecule has 84 valence electrons. The predicted octanol–water partition coefficient (Wildman–Crippen LogP) is 1.29. The molecule has 0 bridgehead atoms. The Hall–Kier alpha value is -0.120. The maximum atomic E-state index is 8.68. The Morgan fingerprint density at radius 3 is 2.93 bits per heavy atom. The summed E-state index contributed by atoms with van der Waals surface area (Å²) >= 11 is 0. The summed E-state index contributed by atoms with van der Waals surface area (Å²) in [7, 11) is 0. The third kappa shape index (κ3) is 4.40. The fraction of sp³-hybridized carbons (Fsp3) is 1.00. The maximum absolute atomic E-state index is 8.68. The second-order valence-electron chi connectivity index (χ2n) is 4.50. The molecule has 3 heteroatoms. The van der Waals surface area contributed by atoms with Crippen molar-refractivity contribution in [3.63, 3.8) is 0 Å². The number of aliphatic hydroxyl groups is 1. The van der Waals surface area contributed by atoms with Gasteiger partial charge >= 0.3 is 0 Å². The third-order valence-corrected chi connectivity index (χ3v) is 2.93. The normalized spacial score (nSPS) is 30.2.